The molecule has 0 saturated heterocycles. The Bertz CT molecular complexity index is 671. The van der Waals surface area contributed by atoms with Gasteiger partial charge in [-0.3, -0.25) is 4.79 Å². The van der Waals surface area contributed by atoms with Gasteiger partial charge in [0.2, 0.25) is 5.91 Å². The van der Waals surface area contributed by atoms with E-state index in [1.807, 2.05) is 13.8 Å². The predicted octanol–water partition coefficient (Wildman–Crippen LogP) is 3.10. The van der Waals surface area contributed by atoms with Crippen LogP contribution in [0.25, 0.3) is 0 Å². The molecule has 0 fully saturated rings. The summed E-state index contributed by atoms with van der Waals surface area (Å²) in [4.78, 5) is 12.4. The number of nitrogens with one attached hydrogen (secondary N) is 1. The average Bonchev–Trinajstić information content (AvgIpc) is 2.65. The molecular formula is C19H33N3O4S. The summed E-state index contributed by atoms with van der Waals surface area (Å²) in [6.07, 6.45) is 3.44. The first-order valence-electron chi connectivity index (χ1n) is 9.58. The number of nitrogens with zero attached hydrogens (tertiary/aromatic N) is 2. The minimum Gasteiger partial charge on any atom is -0.497 e. The van der Waals surface area contributed by atoms with Gasteiger partial charge in [-0.25, -0.2) is 0 Å². The molecule has 1 rings (SSSR count). The summed E-state index contributed by atoms with van der Waals surface area (Å²) in [5.41, 5.74) is 0.571. The van der Waals surface area contributed by atoms with Gasteiger partial charge < -0.3 is 10.1 Å². The van der Waals surface area contributed by atoms with Crippen molar-refractivity contribution >= 4 is 21.8 Å². The molecule has 0 aliphatic rings. The van der Waals surface area contributed by atoms with Gasteiger partial charge in [-0.05, 0) is 25.0 Å². The zero-order valence-corrected chi connectivity index (χ0v) is 17.7. The summed E-state index contributed by atoms with van der Waals surface area (Å²) in [6.45, 7) is 6.79. The summed E-state index contributed by atoms with van der Waals surface area (Å²) < 4.78 is 33.9. The highest BCUT2D eigenvalue weighted by Gasteiger charge is 2.29. The lowest BCUT2D eigenvalue weighted by Gasteiger charge is -2.29. The molecule has 0 aliphatic heterocycles. The summed E-state index contributed by atoms with van der Waals surface area (Å²) in [5.74, 6) is 0.248. The number of rotatable bonds is 13. The van der Waals surface area contributed by atoms with Crippen LogP contribution in [0.4, 0.5) is 5.69 Å². The second kappa shape index (κ2) is 11.9. The monoisotopic (exact) mass is 399 g/mol. The molecular weight excluding hydrogens is 366 g/mol. The van der Waals surface area contributed by atoms with Crippen LogP contribution in [0.3, 0.4) is 0 Å². The van der Waals surface area contributed by atoms with Gasteiger partial charge in [-0.15, -0.1) is 0 Å². The molecule has 0 radical (unpaired) electrons. The molecule has 8 heteroatoms. The molecule has 1 aromatic carbocycles. The molecule has 0 spiro atoms. The van der Waals surface area contributed by atoms with Crippen molar-refractivity contribution in [3.05, 3.63) is 24.3 Å². The normalized spacial score (nSPS) is 11.8. The van der Waals surface area contributed by atoms with E-state index < -0.39 is 10.2 Å². The van der Waals surface area contributed by atoms with Crippen LogP contribution in [0.15, 0.2) is 24.3 Å². The van der Waals surface area contributed by atoms with Crippen LogP contribution < -0.4 is 10.1 Å². The average molecular weight is 400 g/mol. The third kappa shape index (κ3) is 7.48. The number of hydrogen-bond donors (Lipinski definition) is 1. The Balaban J connectivity index is 2.84. The van der Waals surface area contributed by atoms with Crippen molar-refractivity contribution in [1.29, 1.82) is 0 Å². The van der Waals surface area contributed by atoms with Crippen molar-refractivity contribution in [3.8, 4) is 5.75 Å². The van der Waals surface area contributed by atoms with Gasteiger partial charge in [-0.1, -0.05) is 39.7 Å². The van der Waals surface area contributed by atoms with E-state index >= 15 is 0 Å². The quantitative estimate of drug-likeness (QED) is 0.553. The molecule has 0 saturated carbocycles. The molecule has 0 aromatic heterocycles. The van der Waals surface area contributed by atoms with E-state index in [0.717, 1.165) is 25.7 Å². The lowest BCUT2D eigenvalue weighted by atomic mass is 10.3. The SMILES string of the molecule is CCCCN(CCCC)S(=O)(=O)N(CC)CC(=O)Nc1cccc(OC)c1. The smallest absolute Gasteiger partial charge is 0.282 e. The molecule has 0 heterocycles. The molecule has 7 nitrogen and oxygen atoms in total. The number of carbonyl (C=O) groups is 1. The highest BCUT2D eigenvalue weighted by Crippen LogP contribution is 2.17. The fourth-order valence-corrected chi connectivity index (χ4v) is 4.25. The lowest BCUT2D eigenvalue weighted by molar-refractivity contribution is -0.116. The van der Waals surface area contributed by atoms with Crippen molar-refractivity contribution < 1.29 is 17.9 Å². The maximum absolute atomic E-state index is 13.0. The number of likely N-dealkylation sites (N-methyl/N-ethyl adjacent to an activating group) is 1. The second-order valence-electron chi connectivity index (χ2n) is 6.32. The van der Waals surface area contributed by atoms with Gasteiger partial charge in [0.1, 0.15) is 5.75 Å². The molecule has 0 atom stereocenters. The van der Waals surface area contributed by atoms with Crippen LogP contribution in [0.5, 0.6) is 5.75 Å². The molecule has 154 valence electrons. The van der Waals surface area contributed by atoms with Crippen LogP contribution >= 0.6 is 0 Å². The summed E-state index contributed by atoms with van der Waals surface area (Å²) in [5, 5.41) is 2.74. The fourth-order valence-electron chi connectivity index (χ4n) is 2.59. The van der Waals surface area contributed by atoms with Crippen molar-refractivity contribution in [3.63, 3.8) is 0 Å². The Morgan fingerprint density at radius 1 is 1.07 bits per heavy atom. The largest absolute Gasteiger partial charge is 0.497 e. The second-order valence-corrected chi connectivity index (χ2v) is 8.25. The van der Waals surface area contributed by atoms with Gasteiger partial charge in [0.25, 0.3) is 10.2 Å². The molecule has 1 N–H and O–H groups in total. The Hall–Kier alpha value is -1.64. The van der Waals surface area contributed by atoms with E-state index in [0.29, 0.717) is 24.5 Å². The summed E-state index contributed by atoms with van der Waals surface area (Å²) in [7, 11) is -2.13. The molecule has 1 amide bonds. The Morgan fingerprint density at radius 2 is 1.70 bits per heavy atom. The van der Waals surface area contributed by atoms with Crippen molar-refractivity contribution in [2.24, 2.45) is 0 Å². The number of benzene rings is 1. The third-order valence-electron chi connectivity index (χ3n) is 4.20. The van der Waals surface area contributed by atoms with E-state index in [9.17, 15) is 13.2 Å². The fraction of sp³-hybridized carbons (Fsp3) is 0.632. The first kappa shape index (κ1) is 23.4. The van der Waals surface area contributed by atoms with Crippen molar-refractivity contribution in [2.45, 2.75) is 46.5 Å². The predicted molar refractivity (Wildman–Crippen MR) is 109 cm³/mol. The topological polar surface area (TPSA) is 79.0 Å². The van der Waals surface area contributed by atoms with Gasteiger partial charge in [0, 0.05) is 31.4 Å². The highest BCUT2D eigenvalue weighted by molar-refractivity contribution is 7.86. The maximum Gasteiger partial charge on any atom is 0.282 e. The zero-order valence-electron chi connectivity index (χ0n) is 16.9. The van der Waals surface area contributed by atoms with Gasteiger partial charge in [-0.2, -0.15) is 17.0 Å². The van der Waals surface area contributed by atoms with Gasteiger partial charge in [0.15, 0.2) is 0 Å². The highest BCUT2D eigenvalue weighted by atomic mass is 32.2. The zero-order chi connectivity index (χ0) is 20.3. The van der Waals surface area contributed by atoms with E-state index in [1.165, 1.54) is 8.61 Å². The number of amides is 1. The van der Waals surface area contributed by atoms with E-state index in [4.69, 9.17) is 4.74 Å². The van der Waals surface area contributed by atoms with Crippen LogP contribution in [-0.4, -0.2) is 56.2 Å². The number of hydrogen-bond acceptors (Lipinski definition) is 4. The van der Waals surface area contributed by atoms with Crippen molar-refractivity contribution in [1.82, 2.24) is 8.61 Å². The third-order valence-corrected chi connectivity index (χ3v) is 6.26. The lowest BCUT2D eigenvalue weighted by Crippen LogP contribution is -2.47. The van der Waals surface area contributed by atoms with Gasteiger partial charge in [0.05, 0.1) is 13.7 Å². The van der Waals surface area contributed by atoms with E-state index in [2.05, 4.69) is 5.32 Å². The van der Waals surface area contributed by atoms with Crippen LogP contribution in [0, 0.1) is 0 Å². The minimum atomic E-state index is -3.68. The Kier molecular flexibility index (Phi) is 10.4. The van der Waals surface area contributed by atoms with E-state index in [-0.39, 0.29) is 19.0 Å². The Labute approximate surface area is 163 Å². The van der Waals surface area contributed by atoms with Gasteiger partial charge >= 0.3 is 0 Å². The first-order chi connectivity index (χ1) is 12.9. The van der Waals surface area contributed by atoms with Crippen molar-refractivity contribution in [2.75, 3.05) is 38.6 Å². The minimum absolute atomic E-state index is 0.217. The summed E-state index contributed by atoms with van der Waals surface area (Å²) in [6, 6.07) is 6.97. The van der Waals surface area contributed by atoms with Crippen LogP contribution in [0.1, 0.15) is 46.5 Å². The van der Waals surface area contributed by atoms with E-state index in [1.54, 1.807) is 38.3 Å². The maximum atomic E-state index is 13.0. The number of carbonyl (C=O) groups excluding carboxylic acids is 1. The summed E-state index contributed by atoms with van der Waals surface area (Å²) >= 11 is 0. The molecule has 0 aliphatic carbocycles. The number of methoxy groups -OCH3 is 1. The van der Waals surface area contributed by atoms with Crippen LogP contribution in [0.2, 0.25) is 0 Å². The first-order valence-corrected chi connectivity index (χ1v) is 11.0. The Morgan fingerprint density at radius 3 is 2.22 bits per heavy atom. The van der Waals surface area contributed by atoms with Crippen LogP contribution in [-0.2, 0) is 15.0 Å². The molecule has 0 unspecified atom stereocenters. The molecule has 0 bridgehead atoms. The molecule has 1 aromatic rings. The number of unbranched alkanes of at least 4 members (excludes halogenated alkanes) is 2. The number of ether oxygens (including phenoxy) is 1. The molecule has 27 heavy (non-hydrogen) atoms. The number of anilines is 1. The standard InChI is InChI=1S/C19H33N3O4S/c1-5-8-13-22(14-9-6-2)27(24,25)21(7-3)16-19(23)20-17-11-10-12-18(15-17)26-4/h10-12,15H,5-9,13-14,16H2,1-4H3,(H,20,23).